The standard InChI is InChI=1S/C13H18BrNO2/c1-10(2)15(8-7-13(16)17)9-11-3-5-12(14)6-4-11/h3-6,10H,7-9H2,1-2H3,(H,16,17). The number of carbonyl (C=O) groups is 1. The van der Waals surface area contributed by atoms with Crippen LogP contribution in [-0.2, 0) is 11.3 Å². The van der Waals surface area contributed by atoms with Crippen LogP contribution in [0.5, 0.6) is 0 Å². The number of benzene rings is 1. The number of carboxylic acid groups (broad SMARTS) is 1. The van der Waals surface area contributed by atoms with Crippen LogP contribution in [-0.4, -0.2) is 28.6 Å². The summed E-state index contributed by atoms with van der Waals surface area (Å²) < 4.78 is 1.06. The molecule has 0 spiro atoms. The van der Waals surface area contributed by atoms with Gasteiger partial charge in [-0.1, -0.05) is 28.1 Å². The van der Waals surface area contributed by atoms with E-state index in [1.807, 2.05) is 12.1 Å². The first-order chi connectivity index (χ1) is 7.99. The number of hydrogen-bond donors (Lipinski definition) is 1. The molecule has 1 aromatic rings. The van der Waals surface area contributed by atoms with Crippen molar-refractivity contribution < 1.29 is 9.90 Å². The highest BCUT2D eigenvalue weighted by Crippen LogP contribution is 2.13. The topological polar surface area (TPSA) is 40.5 Å². The van der Waals surface area contributed by atoms with Crippen molar-refractivity contribution in [1.82, 2.24) is 4.90 Å². The van der Waals surface area contributed by atoms with Gasteiger partial charge >= 0.3 is 5.97 Å². The third kappa shape index (κ3) is 5.33. The van der Waals surface area contributed by atoms with Crippen molar-refractivity contribution in [2.45, 2.75) is 32.9 Å². The van der Waals surface area contributed by atoms with Crippen LogP contribution in [0.3, 0.4) is 0 Å². The molecule has 94 valence electrons. The zero-order valence-electron chi connectivity index (χ0n) is 10.2. The average Bonchev–Trinajstić information content (AvgIpc) is 2.26. The Morgan fingerprint density at radius 2 is 1.94 bits per heavy atom. The molecule has 0 saturated heterocycles. The Morgan fingerprint density at radius 1 is 1.35 bits per heavy atom. The fraction of sp³-hybridized carbons (Fsp3) is 0.462. The van der Waals surface area contributed by atoms with Gasteiger partial charge in [0.2, 0.25) is 0 Å². The first-order valence-corrected chi connectivity index (χ1v) is 6.48. The van der Waals surface area contributed by atoms with Gasteiger partial charge in [-0.15, -0.1) is 0 Å². The maximum Gasteiger partial charge on any atom is 0.304 e. The fourth-order valence-electron chi connectivity index (χ4n) is 1.58. The molecular formula is C13H18BrNO2. The first kappa shape index (κ1) is 14.2. The highest BCUT2D eigenvalue weighted by molar-refractivity contribution is 9.10. The maximum absolute atomic E-state index is 10.6. The molecule has 0 saturated carbocycles. The minimum atomic E-state index is -0.744. The molecule has 0 fully saturated rings. The van der Waals surface area contributed by atoms with Gasteiger partial charge in [0.15, 0.2) is 0 Å². The van der Waals surface area contributed by atoms with Gasteiger partial charge in [-0.05, 0) is 31.5 Å². The van der Waals surface area contributed by atoms with Gasteiger partial charge in [-0.2, -0.15) is 0 Å². The molecule has 4 heteroatoms. The predicted molar refractivity (Wildman–Crippen MR) is 71.9 cm³/mol. The monoisotopic (exact) mass is 299 g/mol. The SMILES string of the molecule is CC(C)N(CCC(=O)O)Cc1ccc(Br)cc1. The molecule has 1 N–H and O–H groups in total. The number of nitrogens with zero attached hydrogens (tertiary/aromatic N) is 1. The van der Waals surface area contributed by atoms with E-state index in [2.05, 4.69) is 46.8 Å². The van der Waals surface area contributed by atoms with E-state index in [1.165, 1.54) is 5.56 Å². The molecule has 0 bridgehead atoms. The Morgan fingerprint density at radius 3 is 2.41 bits per heavy atom. The number of carboxylic acids is 1. The van der Waals surface area contributed by atoms with E-state index in [4.69, 9.17) is 5.11 Å². The lowest BCUT2D eigenvalue weighted by Gasteiger charge is -2.25. The molecule has 0 unspecified atom stereocenters. The largest absolute Gasteiger partial charge is 0.481 e. The summed E-state index contributed by atoms with van der Waals surface area (Å²) in [6.45, 7) is 5.54. The highest BCUT2D eigenvalue weighted by Gasteiger charge is 2.11. The van der Waals surface area contributed by atoms with Crippen molar-refractivity contribution in [2.75, 3.05) is 6.54 Å². The quantitative estimate of drug-likeness (QED) is 0.877. The zero-order chi connectivity index (χ0) is 12.8. The maximum atomic E-state index is 10.6. The molecule has 17 heavy (non-hydrogen) atoms. The second-order valence-electron chi connectivity index (χ2n) is 4.33. The molecular weight excluding hydrogens is 282 g/mol. The smallest absolute Gasteiger partial charge is 0.304 e. The molecule has 0 aliphatic rings. The van der Waals surface area contributed by atoms with Gasteiger partial charge in [0.25, 0.3) is 0 Å². The average molecular weight is 300 g/mol. The summed E-state index contributed by atoms with van der Waals surface area (Å²) in [5.41, 5.74) is 1.20. The second-order valence-corrected chi connectivity index (χ2v) is 5.25. The van der Waals surface area contributed by atoms with Crippen molar-refractivity contribution >= 4 is 21.9 Å². The van der Waals surface area contributed by atoms with Gasteiger partial charge < -0.3 is 5.11 Å². The molecule has 0 heterocycles. The van der Waals surface area contributed by atoms with Crippen LogP contribution in [0.25, 0.3) is 0 Å². The zero-order valence-corrected chi connectivity index (χ0v) is 11.8. The van der Waals surface area contributed by atoms with Crippen molar-refractivity contribution in [1.29, 1.82) is 0 Å². The summed E-state index contributed by atoms with van der Waals surface area (Å²) in [7, 11) is 0. The van der Waals surface area contributed by atoms with Crippen molar-refractivity contribution in [3.63, 3.8) is 0 Å². The van der Waals surface area contributed by atoms with Crippen LogP contribution in [0.15, 0.2) is 28.7 Å². The van der Waals surface area contributed by atoms with Gasteiger partial charge in [-0.3, -0.25) is 9.69 Å². The van der Waals surface area contributed by atoms with Crippen LogP contribution in [0, 0.1) is 0 Å². The summed E-state index contributed by atoms with van der Waals surface area (Å²) in [5, 5.41) is 8.71. The minimum absolute atomic E-state index is 0.189. The van der Waals surface area contributed by atoms with E-state index in [0.29, 0.717) is 12.6 Å². The van der Waals surface area contributed by atoms with Crippen LogP contribution in [0.1, 0.15) is 25.8 Å². The van der Waals surface area contributed by atoms with Crippen LogP contribution in [0.2, 0.25) is 0 Å². The Kier molecular flexibility index (Phi) is 5.65. The summed E-state index contributed by atoms with van der Waals surface area (Å²) in [4.78, 5) is 12.8. The number of aliphatic carboxylic acids is 1. The molecule has 0 aliphatic carbocycles. The molecule has 0 atom stereocenters. The van der Waals surface area contributed by atoms with Crippen LogP contribution < -0.4 is 0 Å². The second kappa shape index (κ2) is 6.77. The number of rotatable bonds is 6. The third-order valence-corrected chi connectivity index (χ3v) is 3.17. The van der Waals surface area contributed by atoms with Gasteiger partial charge in [-0.25, -0.2) is 0 Å². The summed E-state index contributed by atoms with van der Waals surface area (Å²) in [5.74, 6) is -0.744. The van der Waals surface area contributed by atoms with E-state index in [9.17, 15) is 4.79 Å². The van der Waals surface area contributed by atoms with E-state index in [1.54, 1.807) is 0 Å². The van der Waals surface area contributed by atoms with E-state index in [0.717, 1.165) is 11.0 Å². The molecule has 3 nitrogen and oxygen atoms in total. The molecule has 1 rings (SSSR count). The normalized spacial score (nSPS) is 11.1. The predicted octanol–water partition coefficient (Wildman–Crippen LogP) is 3.13. The summed E-state index contributed by atoms with van der Waals surface area (Å²) in [6, 6.07) is 8.47. The molecule has 0 radical (unpaired) electrons. The lowest BCUT2D eigenvalue weighted by atomic mass is 10.2. The number of halogens is 1. The minimum Gasteiger partial charge on any atom is -0.481 e. The number of hydrogen-bond acceptors (Lipinski definition) is 2. The molecule has 0 aromatic heterocycles. The highest BCUT2D eigenvalue weighted by atomic mass is 79.9. The van der Waals surface area contributed by atoms with Gasteiger partial charge in [0.1, 0.15) is 0 Å². The lowest BCUT2D eigenvalue weighted by molar-refractivity contribution is -0.137. The Bertz CT molecular complexity index is 362. The Balaban J connectivity index is 2.60. The Labute approximate surface area is 111 Å². The van der Waals surface area contributed by atoms with Gasteiger partial charge in [0.05, 0.1) is 6.42 Å². The summed E-state index contributed by atoms with van der Waals surface area (Å²) >= 11 is 3.40. The molecule has 1 aromatic carbocycles. The first-order valence-electron chi connectivity index (χ1n) is 5.69. The molecule has 0 aliphatic heterocycles. The summed E-state index contributed by atoms with van der Waals surface area (Å²) in [6.07, 6.45) is 0.189. The fourth-order valence-corrected chi connectivity index (χ4v) is 1.85. The van der Waals surface area contributed by atoms with Crippen molar-refractivity contribution in [2.24, 2.45) is 0 Å². The third-order valence-electron chi connectivity index (χ3n) is 2.64. The van der Waals surface area contributed by atoms with Crippen molar-refractivity contribution in [3.8, 4) is 0 Å². The van der Waals surface area contributed by atoms with E-state index < -0.39 is 5.97 Å². The molecule has 0 amide bonds. The Hall–Kier alpha value is -0.870. The van der Waals surface area contributed by atoms with E-state index in [-0.39, 0.29) is 6.42 Å². The van der Waals surface area contributed by atoms with E-state index >= 15 is 0 Å². The lowest BCUT2D eigenvalue weighted by Crippen LogP contribution is -2.32. The van der Waals surface area contributed by atoms with Gasteiger partial charge in [0, 0.05) is 23.6 Å². The van der Waals surface area contributed by atoms with Crippen LogP contribution >= 0.6 is 15.9 Å². The van der Waals surface area contributed by atoms with Crippen molar-refractivity contribution in [3.05, 3.63) is 34.3 Å². The van der Waals surface area contributed by atoms with Crippen LogP contribution in [0.4, 0.5) is 0 Å².